The van der Waals surface area contributed by atoms with Crippen LogP contribution in [-0.4, -0.2) is 46.8 Å². The molecule has 2 aromatic rings. The van der Waals surface area contributed by atoms with Crippen molar-refractivity contribution in [1.29, 1.82) is 5.26 Å². The number of rotatable bonds is 6. The maximum Gasteiger partial charge on any atom is 0.253 e. The standard InChI is InChI=1S/C14H16N6O2S2/c1-7-11(8-6-23-9(18-8)4-5-15)24-14(17-7)19-13(22)10(12(16)21)20(2)3/h6,10H,4H2,1-3H3,(H2,16,21)(H,17,19,22)/t10-/m1/s1. The highest BCUT2D eigenvalue weighted by atomic mass is 32.1. The molecule has 0 saturated heterocycles. The van der Waals surface area contributed by atoms with Crippen molar-refractivity contribution in [2.75, 3.05) is 19.4 Å². The first-order chi connectivity index (χ1) is 11.3. The molecule has 24 heavy (non-hydrogen) atoms. The van der Waals surface area contributed by atoms with Gasteiger partial charge in [0.25, 0.3) is 5.91 Å². The number of aromatic nitrogens is 2. The number of nitrogens with zero attached hydrogens (tertiary/aromatic N) is 4. The van der Waals surface area contributed by atoms with Crippen molar-refractivity contribution in [1.82, 2.24) is 14.9 Å². The Balaban J connectivity index is 2.20. The van der Waals surface area contributed by atoms with Crippen molar-refractivity contribution in [2.45, 2.75) is 19.4 Å². The van der Waals surface area contributed by atoms with Gasteiger partial charge in [0, 0.05) is 5.38 Å². The highest BCUT2D eigenvalue weighted by molar-refractivity contribution is 7.19. The number of likely N-dealkylation sites (N-methyl/N-ethyl adjacent to an activating group) is 1. The van der Waals surface area contributed by atoms with Crippen molar-refractivity contribution in [3.8, 4) is 16.6 Å². The van der Waals surface area contributed by atoms with E-state index in [0.717, 1.165) is 15.6 Å². The van der Waals surface area contributed by atoms with E-state index in [1.807, 2.05) is 12.3 Å². The summed E-state index contributed by atoms with van der Waals surface area (Å²) in [4.78, 5) is 34.5. The van der Waals surface area contributed by atoms with Crippen LogP contribution in [0.15, 0.2) is 5.38 Å². The predicted molar refractivity (Wildman–Crippen MR) is 92.6 cm³/mol. The second-order valence-corrected chi connectivity index (χ2v) is 7.09. The van der Waals surface area contributed by atoms with E-state index in [-0.39, 0.29) is 6.42 Å². The summed E-state index contributed by atoms with van der Waals surface area (Å²) in [7, 11) is 3.19. The number of aryl methyl sites for hydroxylation is 1. The Morgan fingerprint density at radius 3 is 2.75 bits per heavy atom. The molecule has 0 spiro atoms. The Labute approximate surface area is 146 Å². The van der Waals surface area contributed by atoms with Crippen LogP contribution in [0.5, 0.6) is 0 Å². The van der Waals surface area contributed by atoms with E-state index >= 15 is 0 Å². The molecule has 8 nitrogen and oxygen atoms in total. The van der Waals surface area contributed by atoms with Crippen LogP contribution in [0, 0.1) is 18.3 Å². The molecule has 0 unspecified atom stereocenters. The van der Waals surface area contributed by atoms with Gasteiger partial charge < -0.3 is 11.1 Å². The van der Waals surface area contributed by atoms with Gasteiger partial charge in [-0.15, -0.1) is 11.3 Å². The van der Waals surface area contributed by atoms with Crippen molar-refractivity contribution >= 4 is 39.6 Å². The third kappa shape index (κ3) is 3.94. The van der Waals surface area contributed by atoms with Gasteiger partial charge in [0.15, 0.2) is 11.2 Å². The Hall–Kier alpha value is -2.35. The van der Waals surface area contributed by atoms with Gasteiger partial charge in [-0.1, -0.05) is 11.3 Å². The van der Waals surface area contributed by atoms with Crippen LogP contribution in [0.4, 0.5) is 5.13 Å². The molecule has 10 heteroatoms. The van der Waals surface area contributed by atoms with Crippen LogP contribution in [0.25, 0.3) is 10.6 Å². The summed E-state index contributed by atoms with van der Waals surface area (Å²) < 4.78 is 0. The summed E-state index contributed by atoms with van der Waals surface area (Å²) in [6, 6.07) is 0.988. The molecule has 2 heterocycles. The van der Waals surface area contributed by atoms with Crippen molar-refractivity contribution in [3.05, 3.63) is 16.1 Å². The molecule has 2 rings (SSSR count). The van der Waals surface area contributed by atoms with Crippen LogP contribution >= 0.6 is 22.7 Å². The normalized spacial score (nSPS) is 12.0. The summed E-state index contributed by atoms with van der Waals surface area (Å²) in [6.45, 7) is 1.81. The smallest absolute Gasteiger partial charge is 0.253 e. The monoisotopic (exact) mass is 364 g/mol. The minimum absolute atomic E-state index is 0.259. The van der Waals surface area contributed by atoms with Crippen LogP contribution in [0.2, 0.25) is 0 Å². The van der Waals surface area contributed by atoms with Gasteiger partial charge in [0.05, 0.1) is 28.8 Å². The number of carbonyl (C=O) groups is 2. The van der Waals surface area contributed by atoms with Gasteiger partial charge in [-0.05, 0) is 21.0 Å². The van der Waals surface area contributed by atoms with Gasteiger partial charge in [-0.3, -0.25) is 14.5 Å². The fourth-order valence-corrected chi connectivity index (χ4v) is 3.77. The zero-order valence-corrected chi connectivity index (χ0v) is 15.0. The first-order valence-electron chi connectivity index (χ1n) is 6.89. The summed E-state index contributed by atoms with van der Waals surface area (Å²) >= 11 is 2.66. The van der Waals surface area contributed by atoms with E-state index in [2.05, 4.69) is 21.4 Å². The lowest BCUT2D eigenvalue weighted by molar-refractivity contribution is -0.131. The number of nitriles is 1. The summed E-state index contributed by atoms with van der Waals surface area (Å²) in [5, 5.41) is 14.3. The summed E-state index contributed by atoms with van der Waals surface area (Å²) in [5.74, 6) is -1.26. The first kappa shape index (κ1) is 18.0. The van der Waals surface area contributed by atoms with Gasteiger partial charge in [0.2, 0.25) is 5.91 Å². The maximum absolute atomic E-state index is 12.2. The third-order valence-corrected chi connectivity index (χ3v) is 5.02. The minimum atomic E-state index is -1.07. The number of hydrogen-bond acceptors (Lipinski definition) is 8. The second kappa shape index (κ2) is 7.48. The van der Waals surface area contributed by atoms with E-state index in [9.17, 15) is 9.59 Å². The highest BCUT2D eigenvalue weighted by Gasteiger charge is 2.27. The van der Waals surface area contributed by atoms with E-state index in [0.29, 0.717) is 10.8 Å². The van der Waals surface area contributed by atoms with E-state index < -0.39 is 17.9 Å². The summed E-state index contributed by atoms with van der Waals surface area (Å²) in [6.07, 6.45) is 0.259. The number of hydrogen-bond donors (Lipinski definition) is 2. The number of amides is 2. The Morgan fingerprint density at radius 2 is 2.17 bits per heavy atom. The number of thiazole rings is 2. The fraction of sp³-hybridized carbons (Fsp3) is 0.357. The largest absolute Gasteiger partial charge is 0.368 e. The van der Waals surface area contributed by atoms with Gasteiger partial charge >= 0.3 is 0 Å². The molecule has 2 amide bonds. The van der Waals surface area contributed by atoms with Gasteiger partial charge in [-0.25, -0.2) is 9.97 Å². The molecular formula is C14H16N6O2S2. The molecule has 0 radical (unpaired) electrons. The lowest BCUT2D eigenvalue weighted by Crippen LogP contribution is -2.48. The molecule has 0 saturated carbocycles. The molecule has 1 atom stereocenters. The zero-order valence-electron chi connectivity index (χ0n) is 13.4. The van der Waals surface area contributed by atoms with Crippen molar-refractivity contribution < 1.29 is 9.59 Å². The van der Waals surface area contributed by atoms with Crippen molar-refractivity contribution in [2.24, 2.45) is 5.73 Å². The molecule has 0 aliphatic heterocycles. The number of nitrogens with two attached hydrogens (primary N) is 1. The fourth-order valence-electron chi connectivity index (χ4n) is 2.04. The van der Waals surface area contributed by atoms with E-state index in [4.69, 9.17) is 11.0 Å². The van der Waals surface area contributed by atoms with Crippen LogP contribution < -0.4 is 11.1 Å². The maximum atomic E-state index is 12.2. The number of carbonyl (C=O) groups excluding carboxylic acids is 2. The minimum Gasteiger partial charge on any atom is -0.368 e. The van der Waals surface area contributed by atoms with Gasteiger partial charge in [0.1, 0.15) is 5.01 Å². The molecule has 0 aliphatic carbocycles. The third-order valence-electron chi connectivity index (χ3n) is 3.08. The number of nitrogens with one attached hydrogen (secondary N) is 1. The van der Waals surface area contributed by atoms with Crippen LogP contribution in [0.1, 0.15) is 10.7 Å². The molecule has 126 valence electrons. The second-order valence-electron chi connectivity index (χ2n) is 5.15. The van der Waals surface area contributed by atoms with Gasteiger partial charge in [-0.2, -0.15) is 5.26 Å². The lowest BCUT2D eigenvalue weighted by atomic mass is 10.2. The van der Waals surface area contributed by atoms with Crippen LogP contribution in [-0.2, 0) is 16.0 Å². The lowest BCUT2D eigenvalue weighted by Gasteiger charge is -2.19. The molecule has 3 N–H and O–H groups in total. The Morgan fingerprint density at radius 1 is 1.46 bits per heavy atom. The van der Waals surface area contributed by atoms with Crippen molar-refractivity contribution in [3.63, 3.8) is 0 Å². The molecular weight excluding hydrogens is 348 g/mol. The van der Waals surface area contributed by atoms with E-state index in [1.165, 1.54) is 27.6 Å². The molecule has 0 aliphatic rings. The Bertz CT molecular complexity index is 805. The topological polar surface area (TPSA) is 125 Å². The molecule has 0 fully saturated rings. The average Bonchev–Trinajstić information content (AvgIpc) is 3.05. The molecule has 0 aromatic carbocycles. The predicted octanol–water partition coefficient (Wildman–Crippen LogP) is 0.995. The quantitative estimate of drug-likeness (QED) is 0.737. The molecule has 0 bridgehead atoms. The molecule has 2 aromatic heterocycles. The Kier molecular flexibility index (Phi) is 5.61. The van der Waals surface area contributed by atoms with E-state index in [1.54, 1.807) is 14.1 Å². The number of anilines is 1. The highest BCUT2D eigenvalue weighted by Crippen LogP contribution is 2.33. The zero-order chi connectivity index (χ0) is 17.9. The SMILES string of the molecule is Cc1nc(NC(=O)[C@@H](C(N)=O)N(C)C)sc1-c1csc(CC#N)n1. The van der Waals surface area contributed by atoms with Crippen LogP contribution in [0.3, 0.4) is 0 Å². The average molecular weight is 364 g/mol. The summed E-state index contributed by atoms with van der Waals surface area (Å²) in [5.41, 5.74) is 6.69. The first-order valence-corrected chi connectivity index (χ1v) is 8.58. The number of primary amides is 1.